The van der Waals surface area contributed by atoms with Crippen molar-refractivity contribution in [2.75, 3.05) is 144 Å². The van der Waals surface area contributed by atoms with Gasteiger partial charge in [0.15, 0.2) is 13.1 Å². The third-order valence-corrected chi connectivity index (χ3v) is 8.70. The molecular weight excluding hydrogens is 780 g/mol. The number of carbonyl (C=O) groups is 4. The second-order valence-corrected chi connectivity index (χ2v) is 19.3. The van der Waals surface area contributed by atoms with Gasteiger partial charge in [0, 0.05) is 78.5 Å². The lowest BCUT2D eigenvalue weighted by Crippen LogP contribution is -2.60. The molecule has 5 N–H and O–H groups in total. The fraction of sp³-hybridized carbons (Fsp3) is 0.905. The summed E-state index contributed by atoms with van der Waals surface area (Å²) in [5, 5.41) is 41.8. The average molecular weight is 866 g/mol. The van der Waals surface area contributed by atoms with E-state index in [2.05, 4.69) is 10.2 Å². The Morgan fingerprint density at radius 3 is 1.08 bits per heavy atom. The Morgan fingerprint density at radius 1 is 0.417 bits per heavy atom. The minimum atomic E-state index is -0.777. The van der Waals surface area contributed by atoms with Crippen molar-refractivity contribution >= 4 is 23.9 Å². The molecule has 0 amide bonds. The highest BCUT2D eigenvalue weighted by molar-refractivity contribution is 5.75. The largest absolute Gasteiger partial charge is 0.459 e. The first-order chi connectivity index (χ1) is 27.6. The van der Waals surface area contributed by atoms with Gasteiger partial charge in [-0.25, -0.2) is 9.59 Å². The molecule has 0 aromatic rings. The number of hydrogen-bond donors (Lipinski definition) is 5. The molecule has 0 aliphatic heterocycles. The minimum Gasteiger partial charge on any atom is -0.459 e. The molecule has 18 nitrogen and oxygen atoms in total. The average Bonchev–Trinajstić information content (AvgIpc) is 3.04. The van der Waals surface area contributed by atoms with Gasteiger partial charge in [-0.3, -0.25) is 29.2 Å². The fourth-order valence-corrected chi connectivity index (χ4v) is 6.28. The topological polar surface area (TPSA) is 211 Å². The molecule has 18 heteroatoms. The number of quaternary nitrogens is 1. The molecule has 0 fully saturated rings. The molecule has 0 aromatic carbocycles. The van der Waals surface area contributed by atoms with Gasteiger partial charge >= 0.3 is 23.9 Å². The third kappa shape index (κ3) is 31.3. The molecule has 0 aliphatic rings. The van der Waals surface area contributed by atoms with Crippen molar-refractivity contribution < 1.29 is 63.0 Å². The molecule has 0 atom stereocenters. The van der Waals surface area contributed by atoms with E-state index in [4.69, 9.17) is 18.9 Å². The summed E-state index contributed by atoms with van der Waals surface area (Å²) in [4.78, 5) is 61.1. The highest BCUT2D eigenvalue weighted by Gasteiger charge is 2.37. The van der Waals surface area contributed by atoms with E-state index in [1.165, 1.54) is 0 Å². The van der Waals surface area contributed by atoms with Gasteiger partial charge in [-0.2, -0.15) is 0 Å². The first-order valence-electron chi connectivity index (χ1n) is 21.4. The van der Waals surface area contributed by atoms with Crippen LogP contribution >= 0.6 is 0 Å². The molecule has 0 saturated carbocycles. The Kier molecular flexibility index (Phi) is 27.0. The third-order valence-electron chi connectivity index (χ3n) is 8.70. The zero-order chi connectivity index (χ0) is 46.2. The number of aliphatic hydroxyl groups is 4. The highest BCUT2D eigenvalue weighted by Crippen LogP contribution is 2.16. The summed E-state index contributed by atoms with van der Waals surface area (Å²) < 4.78 is 22.8. The maximum absolute atomic E-state index is 13.7. The van der Waals surface area contributed by atoms with E-state index in [0.717, 1.165) is 0 Å². The summed E-state index contributed by atoms with van der Waals surface area (Å²) in [5.74, 6) is -1.95. The normalized spacial score (nSPS) is 13.1. The molecule has 0 radical (unpaired) electrons. The van der Waals surface area contributed by atoms with Crippen LogP contribution in [0.25, 0.3) is 0 Å². The number of esters is 4. The van der Waals surface area contributed by atoms with Crippen molar-refractivity contribution in [2.45, 2.75) is 105 Å². The lowest BCUT2D eigenvalue weighted by Gasteiger charge is -2.40. The smallest absolute Gasteiger partial charge is 0.362 e. The second kappa shape index (κ2) is 28.2. The molecule has 0 aromatic heterocycles. The molecule has 0 rings (SSSR count). The summed E-state index contributed by atoms with van der Waals surface area (Å²) >= 11 is 0. The van der Waals surface area contributed by atoms with Crippen LogP contribution in [0.3, 0.4) is 0 Å². The van der Waals surface area contributed by atoms with Crippen LogP contribution < -0.4 is 5.32 Å². The predicted octanol–water partition coefficient (Wildman–Crippen LogP) is -0.0632. The molecule has 0 aliphatic carbocycles. The summed E-state index contributed by atoms with van der Waals surface area (Å²) in [6.45, 7) is 26.0. The number of rotatable bonds is 31. The van der Waals surface area contributed by atoms with Crippen LogP contribution in [0.1, 0.15) is 83.1 Å². The first-order valence-corrected chi connectivity index (χ1v) is 21.4. The lowest BCUT2D eigenvalue weighted by atomic mass is 10.2. The molecule has 0 heterocycles. The highest BCUT2D eigenvalue weighted by atomic mass is 16.6. The van der Waals surface area contributed by atoms with E-state index in [1.54, 1.807) is 88.0 Å². The molecular formula is C42H85N6O12+. The molecule has 0 spiro atoms. The van der Waals surface area contributed by atoms with Crippen LogP contribution in [0.15, 0.2) is 0 Å². The minimum absolute atomic E-state index is 0.0130. The SMILES string of the molecule is CC(C)(C)OC(=O)CN(CCN(CCN(CCO)CCO)CC[N+](CCNCCN(CCO)CCO)(CC(=O)OC(C)(C)C)CC(=O)OC(C)(C)C)CC(=O)OC(C)(C)C. The Bertz CT molecular complexity index is 1160. The van der Waals surface area contributed by atoms with Gasteiger partial charge in [0.05, 0.1) is 52.6 Å². The number of ether oxygens (including phenoxy) is 4. The van der Waals surface area contributed by atoms with Crippen molar-refractivity contribution in [1.82, 2.24) is 24.9 Å². The maximum Gasteiger partial charge on any atom is 0.362 e. The van der Waals surface area contributed by atoms with E-state index in [9.17, 15) is 39.6 Å². The van der Waals surface area contributed by atoms with Crippen LogP contribution in [-0.2, 0) is 38.1 Å². The van der Waals surface area contributed by atoms with Gasteiger partial charge in [-0.1, -0.05) is 0 Å². The van der Waals surface area contributed by atoms with Crippen LogP contribution in [-0.4, -0.2) is 235 Å². The molecule has 60 heavy (non-hydrogen) atoms. The van der Waals surface area contributed by atoms with Crippen molar-refractivity contribution in [1.29, 1.82) is 0 Å². The van der Waals surface area contributed by atoms with Crippen molar-refractivity contribution in [3.8, 4) is 0 Å². The van der Waals surface area contributed by atoms with Gasteiger partial charge in [0.2, 0.25) is 0 Å². The Morgan fingerprint density at radius 2 is 0.733 bits per heavy atom. The summed E-state index contributed by atoms with van der Waals surface area (Å²) in [7, 11) is 0. The van der Waals surface area contributed by atoms with Gasteiger partial charge in [0.1, 0.15) is 22.4 Å². The Balaban J connectivity index is 6.87. The number of nitrogens with one attached hydrogen (secondary N) is 1. The van der Waals surface area contributed by atoms with Crippen LogP contribution in [0.4, 0.5) is 0 Å². The van der Waals surface area contributed by atoms with E-state index < -0.39 is 46.3 Å². The van der Waals surface area contributed by atoms with Crippen LogP contribution in [0.5, 0.6) is 0 Å². The quantitative estimate of drug-likeness (QED) is 0.0268. The van der Waals surface area contributed by atoms with E-state index >= 15 is 0 Å². The lowest BCUT2D eigenvalue weighted by molar-refractivity contribution is -0.913. The summed E-state index contributed by atoms with van der Waals surface area (Å²) in [6, 6.07) is 0. The number of carbonyl (C=O) groups excluding carboxylic acids is 4. The van der Waals surface area contributed by atoms with Gasteiger partial charge < -0.3 is 49.2 Å². The van der Waals surface area contributed by atoms with E-state index in [-0.39, 0.29) is 63.6 Å². The number of aliphatic hydroxyl groups excluding tert-OH is 4. The summed E-state index contributed by atoms with van der Waals surface area (Å²) in [5.41, 5.74) is -3.03. The Hall–Kier alpha value is -2.52. The van der Waals surface area contributed by atoms with Crippen molar-refractivity contribution in [3.63, 3.8) is 0 Å². The molecule has 0 saturated heterocycles. The summed E-state index contributed by atoms with van der Waals surface area (Å²) in [6.07, 6.45) is 0. The van der Waals surface area contributed by atoms with Crippen LogP contribution in [0, 0.1) is 0 Å². The van der Waals surface area contributed by atoms with Gasteiger partial charge in [-0.05, 0) is 83.1 Å². The van der Waals surface area contributed by atoms with Crippen molar-refractivity contribution in [3.05, 3.63) is 0 Å². The fourth-order valence-electron chi connectivity index (χ4n) is 6.28. The zero-order valence-electron chi connectivity index (χ0n) is 39.3. The van der Waals surface area contributed by atoms with Crippen molar-refractivity contribution in [2.24, 2.45) is 0 Å². The van der Waals surface area contributed by atoms with Gasteiger partial charge in [-0.15, -0.1) is 0 Å². The second-order valence-electron chi connectivity index (χ2n) is 19.3. The van der Waals surface area contributed by atoms with Crippen LogP contribution in [0.2, 0.25) is 0 Å². The number of nitrogens with zero attached hydrogens (tertiary/aromatic N) is 5. The Labute approximate surface area is 361 Å². The number of hydrogen-bond acceptors (Lipinski definition) is 17. The maximum atomic E-state index is 13.7. The zero-order valence-corrected chi connectivity index (χ0v) is 39.3. The molecule has 0 bridgehead atoms. The molecule has 0 unspecified atom stereocenters. The monoisotopic (exact) mass is 866 g/mol. The van der Waals surface area contributed by atoms with Gasteiger partial charge in [0.25, 0.3) is 0 Å². The van der Waals surface area contributed by atoms with E-state index in [0.29, 0.717) is 85.1 Å². The van der Waals surface area contributed by atoms with E-state index in [1.807, 2.05) is 9.80 Å². The predicted molar refractivity (Wildman–Crippen MR) is 230 cm³/mol. The standard InChI is InChI=1S/C42H85N6O12/c1-39(2,3)57-35(53)31-47(32-36(54)58-40(4,5)6)19-18-45(16-17-46(23-29-51)24-30-52)20-26-48(33-37(55)59-41(7,8)9,34-38(56)60-42(10,11)12)25-14-43-13-15-44(21-27-49)22-28-50/h43,49-52H,13-34H2,1-12H3/q+1. The molecule has 354 valence electrons. The first kappa shape index (κ1) is 57.5.